The second-order valence-electron chi connectivity index (χ2n) is 8.43. The molecular weight excluding hydrogens is 396 g/mol. The molecule has 5 rings (SSSR count). The summed E-state index contributed by atoms with van der Waals surface area (Å²) in [5, 5.41) is 6.01. The van der Waals surface area contributed by atoms with Crippen molar-refractivity contribution in [3.05, 3.63) is 48.0 Å². The number of carbonyl (C=O) groups excluding carboxylic acids is 2. The normalized spacial score (nSPS) is 28.3. The van der Waals surface area contributed by atoms with Gasteiger partial charge >= 0.3 is 0 Å². The molecule has 1 saturated heterocycles. The summed E-state index contributed by atoms with van der Waals surface area (Å²) in [6.45, 7) is 0. The SMILES string of the molecule is COc1ccc(OC)c(NC(=O)[C@@H]2C(=O)N[C@@]34CCCC[C@H]3[C@H]2c2ccccc2O4)c1. The fourth-order valence-corrected chi connectivity index (χ4v) is 5.47. The molecule has 2 heterocycles. The number of benzene rings is 2. The van der Waals surface area contributed by atoms with Crippen molar-refractivity contribution in [3.63, 3.8) is 0 Å². The third-order valence-corrected chi connectivity index (χ3v) is 6.84. The number of ether oxygens (including phenoxy) is 3. The summed E-state index contributed by atoms with van der Waals surface area (Å²) in [5.41, 5.74) is 0.678. The summed E-state index contributed by atoms with van der Waals surface area (Å²) < 4.78 is 17.1. The minimum atomic E-state index is -0.864. The van der Waals surface area contributed by atoms with Gasteiger partial charge in [-0.15, -0.1) is 0 Å². The van der Waals surface area contributed by atoms with Crippen LogP contribution in [-0.4, -0.2) is 31.8 Å². The first-order chi connectivity index (χ1) is 15.1. The topological polar surface area (TPSA) is 85.9 Å². The van der Waals surface area contributed by atoms with E-state index in [0.717, 1.165) is 37.0 Å². The van der Waals surface area contributed by atoms with Gasteiger partial charge in [-0.25, -0.2) is 0 Å². The molecule has 2 aromatic carbocycles. The lowest BCUT2D eigenvalue weighted by Crippen LogP contribution is -2.69. The van der Waals surface area contributed by atoms with Gasteiger partial charge in [0.1, 0.15) is 23.2 Å². The van der Waals surface area contributed by atoms with Crippen LogP contribution in [0.25, 0.3) is 0 Å². The van der Waals surface area contributed by atoms with E-state index in [1.807, 2.05) is 24.3 Å². The van der Waals surface area contributed by atoms with Gasteiger partial charge in [0.05, 0.1) is 19.9 Å². The lowest BCUT2D eigenvalue weighted by atomic mass is 9.62. The van der Waals surface area contributed by atoms with Gasteiger partial charge < -0.3 is 24.8 Å². The van der Waals surface area contributed by atoms with Crippen LogP contribution in [0.15, 0.2) is 42.5 Å². The second-order valence-corrected chi connectivity index (χ2v) is 8.43. The minimum Gasteiger partial charge on any atom is -0.497 e. The van der Waals surface area contributed by atoms with Gasteiger partial charge in [0.2, 0.25) is 11.8 Å². The van der Waals surface area contributed by atoms with Crippen molar-refractivity contribution in [3.8, 4) is 17.2 Å². The molecule has 0 spiro atoms. The molecular formula is C24H26N2O5. The maximum atomic E-state index is 13.5. The number of methoxy groups -OCH3 is 2. The summed E-state index contributed by atoms with van der Waals surface area (Å²) in [7, 11) is 3.10. The maximum absolute atomic E-state index is 13.5. The van der Waals surface area contributed by atoms with Gasteiger partial charge in [-0.1, -0.05) is 24.6 Å². The molecule has 2 fully saturated rings. The fraction of sp³-hybridized carbons (Fsp3) is 0.417. The maximum Gasteiger partial charge on any atom is 0.237 e. The number of anilines is 1. The van der Waals surface area contributed by atoms with Crippen LogP contribution >= 0.6 is 0 Å². The van der Waals surface area contributed by atoms with E-state index in [9.17, 15) is 9.59 Å². The molecule has 31 heavy (non-hydrogen) atoms. The van der Waals surface area contributed by atoms with Crippen molar-refractivity contribution < 1.29 is 23.8 Å². The van der Waals surface area contributed by atoms with Crippen LogP contribution in [0, 0.1) is 11.8 Å². The zero-order valence-electron chi connectivity index (χ0n) is 17.6. The summed E-state index contributed by atoms with van der Waals surface area (Å²) in [4.78, 5) is 26.8. The lowest BCUT2D eigenvalue weighted by molar-refractivity contribution is -0.160. The first-order valence-corrected chi connectivity index (χ1v) is 10.7. The molecule has 0 aromatic heterocycles. The Morgan fingerprint density at radius 2 is 2.00 bits per heavy atom. The first-order valence-electron chi connectivity index (χ1n) is 10.7. The van der Waals surface area contributed by atoms with Crippen LogP contribution in [0.1, 0.15) is 37.2 Å². The highest BCUT2D eigenvalue weighted by Crippen LogP contribution is 2.55. The number of nitrogens with one attached hydrogen (secondary N) is 2. The predicted molar refractivity (Wildman–Crippen MR) is 114 cm³/mol. The average molecular weight is 422 g/mol. The smallest absolute Gasteiger partial charge is 0.237 e. The van der Waals surface area contributed by atoms with Gasteiger partial charge in [-0.05, 0) is 36.6 Å². The minimum absolute atomic E-state index is 0.0526. The van der Waals surface area contributed by atoms with Crippen LogP contribution in [-0.2, 0) is 9.59 Å². The number of amides is 2. The van der Waals surface area contributed by atoms with E-state index in [0.29, 0.717) is 17.2 Å². The van der Waals surface area contributed by atoms with E-state index in [1.54, 1.807) is 25.3 Å². The number of rotatable bonds is 4. The Kier molecular flexibility index (Phi) is 4.76. The number of para-hydroxylation sites is 1. The predicted octanol–water partition coefficient (Wildman–Crippen LogP) is 3.45. The monoisotopic (exact) mass is 422 g/mol. The van der Waals surface area contributed by atoms with E-state index < -0.39 is 11.6 Å². The van der Waals surface area contributed by atoms with E-state index in [2.05, 4.69) is 10.6 Å². The highest BCUT2D eigenvalue weighted by Gasteiger charge is 2.60. The van der Waals surface area contributed by atoms with Gasteiger partial charge in [-0.2, -0.15) is 0 Å². The number of carbonyl (C=O) groups is 2. The van der Waals surface area contributed by atoms with Crippen LogP contribution in [0.3, 0.4) is 0 Å². The molecule has 162 valence electrons. The van der Waals surface area contributed by atoms with Gasteiger partial charge in [0.25, 0.3) is 0 Å². The van der Waals surface area contributed by atoms with Crippen molar-refractivity contribution in [1.29, 1.82) is 0 Å². The molecule has 2 amide bonds. The zero-order valence-corrected chi connectivity index (χ0v) is 17.6. The van der Waals surface area contributed by atoms with E-state index in [4.69, 9.17) is 14.2 Å². The molecule has 0 unspecified atom stereocenters. The largest absolute Gasteiger partial charge is 0.497 e. The average Bonchev–Trinajstić information content (AvgIpc) is 2.78. The molecule has 2 aliphatic heterocycles. The van der Waals surface area contributed by atoms with Crippen LogP contribution in [0.5, 0.6) is 17.2 Å². The molecule has 1 saturated carbocycles. The number of hydrogen-bond donors (Lipinski definition) is 2. The molecule has 7 heteroatoms. The molecule has 7 nitrogen and oxygen atoms in total. The third-order valence-electron chi connectivity index (χ3n) is 6.84. The molecule has 2 N–H and O–H groups in total. The summed E-state index contributed by atoms with van der Waals surface area (Å²) in [6.07, 6.45) is 3.71. The standard InChI is InChI=1S/C24H26N2O5/c1-29-14-10-11-19(30-2)17(13-14)25-22(27)21-20-15-7-3-4-9-18(15)31-24(26-23(21)28)12-6-5-8-16(20)24/h3-4,7,9-11,13,16,20-21H,5-6,8,12H2,1-2H3,(H,25,27)(H,26,28)/t16-,20+,21+,24+/m0/s1. The van der Waals surface area contributed by atoms with Crippen molar-refractivity contribution in [2.75, 3.05) is 19.5 Å². The first kappa shape index (κ1) is 19.7. The Morgan fingerprint density at radius 1 is 1.16 bits per heavy atom. The highest BCUT2D eigenvalue weighted by molar-refractivity contribution is 6.08. The molecule has 1 aliphatic carbocycles. The molecule has 4 atom stereocenters. The van der Waals surface area contributed by atoms with Crippen molar-refractivity contribution in [2.45, 2.75) is 37.3 Å². The molecule has 2 bridgehead atoms. The van der Waals surface area contributed by atoms with Crippen molar-refractivity contribution in [1.82, 2.24) is 5.32 Å². The van der Waals surface area contributed by atoms with Crippen LogP contribution < -0.4 is 24.8 Å². The van der Waals surface area contributed by atoms with Gasteiger partial charge in [-0.3, -0.25) is 9.59 Å². The summed E-state index contributed by atoms with van der Waals surface area (Å²) in [6, 6.07) is 12.9. The van der Waals surface area contributed by atoms with Gasteiger partial charge in [0.15, 0.2) is 5.72 Å². The molecule has 3 aliphatic rings. The third kappa shape index (κ3) is 3.10. The quantitative estimate of drug-likeness (QED) is 0.737. The Hall–Kier alpha value is -3.22. The van der Waals surface area contributed by atoms with E-state index >= 15 is 0 Å². The van der Waals surface area contributed by atoms with Crippen molar-refractivity contribution in [2.24, 2.45) is 11.8 Å². The second kappa shape index (κ2) is 7.48. The van der Waals surface area contributed by atoms with E-state index in [-0.39, 0.29) is 23.7 Å². The Bertz CT molecular complexity index is 1040. The van der Waals surface area contributed by atoms with Crippen LogP contribution in [0.2, 0.25) is 0 Å². The number of piperidine rings is 1. The number of fused-ring (bicyclic) bond motifs is 2. The van der Waals surface area contributed by atoms with Crippen molar-refractivity contribution >= 4 is 17.5 Å². The summed E-state index contributed by atoms with van der Waals surface area (Å²) in [5.74, 6) is 0.144. The molecule has 0 radical (unpaired) electrons. The Balaban J connectivity index is 1.54. The van der Waals surface area contributed by atoms with Gasteiger partial charge in [0, 0.05) is 24.3 Å². The summed E-state index contributed by atoms with van der Waals surface area (Å²) >= 11 is 0. The van der Waals surface area contributed by atoms with Crippen LogP contribution in [0.4, 0.5) is 5.69 Å². The Labute approximate surface area is 181 Å². The number of hydrogen-bond acceptors (Lipinski definition) is 5. The highest BCUT2D eigenvalue weighted by atomic mass is 16.5. The van der Waals surface area contributed by atoms with E-state index in [1.165, 1.54) is 7.11 Å². The molecule has 2 aromatic rings. The fourth-order valence-electron chi connectivity index (χ4n) is 5.47. The zero-order chi connectivity index (χ0) is 21.6. The Morgan fingerprint density at radius 3 is 2.81 bits per heavy atom. The lowest BCUT2D eigenvalue weighted by Gasteiger charge is -2.55.